The summed E-state index contributed by atoms with van der Waals surface area (Å²) in [5.41, 5.74) is 7.61. The van der Waals surface area contributed by atoms with E-state index in [1.54, 1.807) is 7.11 Å². The van der Waals surface area contributed by atoms with Crippen molar-refractivity contribution in [3.63, 3.8) is 0 Å². The SMILES string of the molecule is COC(c1noc(Cc2ccccc2N)n1)C(C)C. The Bertz CT molecular complexity index is 537. The molecule has 0 saturated heterocycles. The van der Waals surface area contributed by atoms with Crippen LogP contribution in [-0.4, -0.2) is 17.3 Å². The Balaban J connectivity index is 2.16. The van der Waals surface area contributed by atoms with Gasteiger partial charge in [-0.2, -0.15) is 4.98 Å². The second-order valence-corrected chi connectivity index (χ2v) is 4.82. The smallest absolute Gasteiger partial charge is 0.231 e. The first kappa shape index (κ1) is 13.5. The summed E-state index contributed by atoms with van der Waals surface area (Å²) in [6.07, 6.45) is 0.388. The number of anilines is 1. The second kappa shape index (κ2) is 5.84. The molecule has 5 nitrogen and oxygen atoms in total. The monoisotopic (exact) mass is 261 g/mol. The summed E-state index contributed by atoms with van der Waals surface area (Å²) in [5, 5.41) is 3.98. The van der Waals surface area contributed by atoms with Gasteiger partial charge in [0.1, 0.15) is 6.10 Å². The molecule has 0 radical (unpaired) electrons. The Morgan fingerprint density at radius 3 is 2.68 bits per heavy atom. The average Bonchev–Trinajstić information content (AvgIpc) is 2.81. The Morgan fingerprint density at radius 1 is 1.32 bits per heavy atom. The van der Waals surface area contributed by atoms with Gasteiger partial charge in [0.2, 0.25) is 11.7 Å². The van der Waals surface area contributed by atoms with Gasteiger partial charge in [0.15, 0.2) is 0 Å². The van der Waals surface area contributed by atoms with Crippen LogP contribution in [0.3, 0.4) is 0 Å². The summed E-state index contributed by atoms with van der Waals surface area (Å²) < 4.78 is 10.6. The Hall–Kier alpha value is -1.88. The van der Waals surface area contributed by atoms with Crippen LogP contribution in [0.15, 0.2) is 28.8 Å². The molecular formula is C14H19N3O2. The lowest BCUT2D eigenvalue weighted by molar-refractivity contribution is 0.0555. The number of hydrogen-bond acceptors (Lipinski definition) is 5. The van der Waals surface area contributed by atoms with Crippen molar-refractivity contribution < 1.29 is 9.26 Å². The van der Waals surface area contributed by atoms with E-state index in [0.717, 1.165) is 11.3 Å². The molecule has 102 valence electrons. The third-order valence-corrected chi connectivity index (χ3v) is 2.99. The van der Waals surface area contributed by atoms with E-state index in [-0.39, 0.29) is 12.0 Å². The number of para-hydroxylation sites is 1. The molecule has 0 aliphatic rings. The number of hydrogen-bond donors (Lipinski definition) is 1. The number of ether oxygens (including phenoxy) is 1. The molecule has 2 aromatic rings. The first-order valence-corrected chi connectivity index (χ1v) is 6.30. The van der Waals surface area contributed by atoms with Crippen LogP contribution < -0.4 is 5.73 Å². The zero-order valence-corrected chi connectivity index (χ0v) is 11.5. The standard InChI is InChI=1S/C14H19N3O2/c1-9(2)13(18-3)14-16-12(19-17-14)8-10-6-4-5-7-11(10)15/h4-7,9,13H,8,15H2,1-3H3. The molecule has 0 aliphatic heterocycles. The molecular weight excluding hydrogens is 242 g/mol. The van der Waals surface area contributed by atoms with Crippen LogP contribution in [0.5, 0.6) is 0 Å². The average molecular weight is 261 g/mol. The molecule has 0 bridgehead atoms. The number of nitrogens with zero attached hydrogens (tertiary/aromatic N) is 2. The highest BCUT2D eigenvalue weighted by molar-refractivity contribution is 5.47. The van der Waals surface area contributed by atoms with E-state index in [9.17, 15) is 0 Å². The van der Waals surface area contributed by atoms with Gasteiger partial charge in [0, 0.05) is 12.8 Å². The van der Waals surface area contributed by atoms with Crippen molar-refractivity contribution in [2.75, 3.05) is 12.8 Å². The van der Waals surface area contributed by atoms with Gasteiger partial charge < -0.3 is 15.0 Å². The van der Waals surface area contributed by atoms with E-state index in [0.29, 0.717) is 18.1 Å². The quantitative estimate of drug-likeness (QED) is 0.837. The van der Waals surface area contributed by atoms with Crippen molar-refractivity contribution in [2.24, 2.45) is 5.92 Å². The molecule has 2 N–H and O–H groups in total. The number of aromatic nitrogens is 2. The van der Waals surface area contributed by atoms with Crippen LogP contribution in [0.4, 0.5) is 5.69 Å². The van der Waals surface area contributed by atoms with Crippen molar-refractivity contribution in [2.45, 2.75) is 26.4 Å². The van der Waals surface area contributed by atoms with Gasteiger partial charge in [0.05, 0.1) is 6.42 Å². The topological polar surface area (TPSA) is 74.2 Å². The first-order valence-electron chi connectivity index (χ1n) is 6.30. The maximum Gasteiger partial charge on any atom is 0.231 e. The molecule has 0 fully saturated rings. The molecule has 5 heteroatoms. The third-order valence-electron chi connectivity index (χ3n) is 2.99. The van der Waals surface area contributed by atoms with E-state index in [2.05, 4.69) is 24.0 Å². The van der Waals surface area contributed by atoms with Crippen molar-refractivity contribution in [3.05, 3.63) is 41.5 Å². The second-order valence-electron chi connectivity index (χ2n) is 4.82. The fraction of sp³-hybridized carbons (Fsp3) is 0.429. The molecule has 1 atom stereocenters. The zero-order valence-electron chi connectivity index (χ0n) is 11.5. The number of methoxy groups -OCH3 is 1. The molecule has 0 aliphatic carbocycles. The maximum atomic E-state index is 5.89. The molecule has 0 spiro atoms. The normalized spacial score (nSPS) is 12.8. The molecule has 1 aromatic carbocycles. The summed E-state index contributed by atoms with van der Waals surface area (Å²) >= 11 is 0. The van der Waals surface area contributed by atoms with Gasteiger partial charge in [-0.15, -0.1) is 0 Å². The van der Waals surface area contributed by atoms with Crippen molar-refractivity contribution in [1.82, 2.24) is 10.1 Å². The molecule has 0 amide bonds. The number of nitrogens with two attached hydrogens (primary N) is 1. The van der Waals surface area contributed by atoms with Gasteiger partial charge in [-0.3, -0.25) is 0 Å². The van der Waals surface area contributed by atoms with E-state index < -0.39 is 0 Å². The Kier molecular flexibility index (Phi) is 4.16. The predicted octanol–water partition coefficient (Wildman–Crippen LogP) is 2.59. The highest BCUT2D eigenvalue weighted by atomic mass is 16.5. The molecule has 0 saturated carbocycles. The van der Waals surface area contributed by atoms with Gasteiger partial charge in [-0.1, -0.05) is 37.2 Å². The van der Waals surface area contributed by atoms with Crippen LogP contribution in [0.1, 0.15) is 37.2 Å². The van der Waals surface area contributed by atoms with Crippen molar-refractivity contribution in [3.8, 4) is 0 Å². The van der Waals surface area contributed by atoms with Crippen molar-refractivity contribution in [1.29, 1.82) is 0 Å². The lowest BCUT2D eigenvalue weighted by Crippen LogP contribution is -2.10. The Morgan fingerprint density at radius 2 is 2.05 bits per heavy atom. The van der Waals surface area contributed by atoms with E-state index in [1.807, 2.05) is 24.3 Å². The number of nitrogen functional groups attached to an aromatic ring is 1. The lowest BCUT2D eigenvalue weighted by atomic mass is 10.1. The summed E-state index contributed by atoms with van der Waals surface area (Å²) in [4.78, 5) is 4.38. The summed E-state index contributed by atoms with van der Waals surface area (Å²) in [6.45, 7) is 4.11. The fourth-order valence-electron chi connectivity index (χ4n) is 1.99. The summed E-state index contributed by atoms with van der Waals surface area (Å²) in [5.74, 6) is 1.43. The largest absolute Gasteiger partial charge is 0.398 e. The van der Waals surface area contributed by atoms with Crippen LogP contribution in [0.25, 0.3) is 0 Å². The minimum absolute atomic E-state index is 0.148. The number of rotatable bonds is 5. The molecule has 1 unspecified atom stereocenters. The highest BCUT2D eigenvalue weighted by Crippen LogP contribution is 2.23. The molecule has 2 rings (SSSR count). The molecule has 1 aromatic heterocycles. The third kappa shape index (κ3) is 3.12. The van der Waals surface area contributed by atoms with E-state index >= 15 is 0 Å². The molecule has 19 heavy (non-hydrogen) atoms. The van der Waals surface area contributed by atoms with Crippen LogP contribution >= 0.6 is 0 Å². The predicted molar refractivity (Wildman–Crippen MR) is 72.5 cm³/mol. The lowest BCUT2D eigenvalue weighted by Gasteiger charge is -2.14. The minimum Gasteiger partial charge on any atom is -0.398 e. The van der Waals surface area contributed by atoms with Crippen LogP contribution in [-0.2, 0) is 11.2 Å². The summed E-state index contributed by atoms with van der Waals surface area (Å²) in [7, 11) is 1.65. The van der Waals surface area contributed by atoms with E-state index in [1.165, 1.54) is 0 Å². The fourth-order valence-corrected chi connectivity index (χ4v) is 1.99. The maximum absolute atomic E-state index is 5.89. The minimum atomic E-state index is -0.148. The Labute approximate surface area is 112 Å². The van der Waals surface area contributed by atoms with Gasteiger partial charge in [-0.05, 0) is 17.5 Å². The van der Waals surface area contributed by atoms with E-state index in [4.69, 9.17) is 15.0 Å². The first-order chi connectivity index (χ1) is 9.11. The van der Waals surface area contributed by atoms with Crippen molar-refractivity contribution >= 4 is 5.69 Å². The van der Waals surface area contributed by atoms with Gasteiger partial charge >= 0.3 is 0 Å². The highest BCUT2D eigenvalue weighted by Gasteiger charge is 2.21. The molecule has 1 heterocycles. The van der Waals surface area contributed by atoms with Gasteiger partial charge in [0.25, 0.3) is 0 Å². The zero-order chi connectivity index (χ0) is 13.8. The van der Waals surface area contributed by atoms with Gasteiger partial charge in [-0.25, -0.2) is 0 Å². The summed E-state index contributed by atoms with van der Waals surface area (Å²) in [6, 6.07) is 7.65. The van der Waals surface area contributed by atoms with Crippen LogP contribution in [0, 0.1) is 5.92 Å². The number of benzene rings is 1. The van der Waals surface area contributed by atoms with Crippen LogP contribution in [0.2, 0.25) is 0 Å².